The van der Waals surface area contributed by atoms with Crippen LogP contribution in [-0.2, 0) is 0 Å². The second-order valence-corrected chi connectivity index (χ2v) is 6.88. The van der Waals surface area contributed by atoms with Gasteiger partial charge in [-0.2, -0.15) is 0 Å². The van der Waals surface area contributed by atoms with Gasteiger partial charge in [0.05, 0.1) is 30.4 Å². The minimum Gasteiger partial charge on any atom is -0.497 e. The van der Waals surface area contributed by atoms with Crippen molar-refractivity contribution in [3.8, 4) is 5.75 Å². The molecule has 1 aromatic heterocycles. The smallest absolute Gasteiger partial charge is 0.274 e. The zero-order chi connectivity index (χ0) is 18.6. The third-order valence-corrected chi connectivity index (χ3v) is 5.18. The molecule has 1 aliphatic heterocycles. The Morgan fingerprint density at radius 1 is 1.04 bits per heavy atom. The fourth-order valence-electron chi connectivity index (χ4n) is 3.73. The van der Waals surface area contributed by atoms with E-state index in [4.69, 9.17) is 4.74 Å². The number of ether oxygens (including phenoxy) is 1. The molecule has 138 valence electrons. The quantitative estimate of drug-likeness (QED) is 0.694. The molecule has 4 rings (SSSR count). The van der Waals surface area contributed by atoms with Crippen LogP contribution < -0.4 is 4.74 Å². The summed E-state index contributed by atoms with van der Waals surface area (Å²) in [5.41, 5.74) is 3.10. The number of carbonyl (C=O) groups excluding carboxylic acids is 1. The number of methoxy groups -OCH3 is 1. The first-order valence-electron chi connectivity index (χ1n) is 9.43. The van der Waals surface area contributed by atoms with Crippen LogP contribution in [0.4, 0.5) is 0 Å². The van der Waals surface area contributed by atoms with Crippen LogP contribution in [0.15, 0.2) is 54.7 Å². The summed E-state index contributed by atoms with van der Waals surface area (Å²) in [5.74, 6) is 0.779. The minimum absolute atomic E-state index is 0.0454. The number of fused-ring (bicyclic) bond motifs is 1. The van der Waals surface area contributed by atoms with Gasteiger partial charge in [0.2, 0.25) is 0 Å². The molecule has 0 bridgehead atoms. The lowest BCUT2D eigenvalue weighted by atomic mass is 10.0. The van der Waals surface area contributed by atoms with Crippen LogP contribution in [0, 0.1) is 0 Å². The van der Waals surface area contributed by atoms with Gasteiger partial charge >= 0.3 is 0 Å². The summed E-state index contributed by atoms with van der Waals surface area (Å²) in [6.07, 6.45) is 5.82. The lowest BCUT2D eigenvalue weighted by Gasteiger charge is -2.30. The van der Waals surface area contributed by atoms with Crippen LogP contribution in [0.1, 0.15) is 47.8 Å². The molecule has 1 fully saturated rings. The molecule has 0 aliphatic carbocycles. The first-order chi connectivity index (χ1) is 13.3. The van der Waals surface area contributed by atoms with Crippen LogP contribution >= 0.6 is 0 Å². The zero-order valence-electron chi connectivity index (χ0n) is 15.5. The Balaban J connectivity index is 1.67. The molecule has 1 aliphatic rings. The molecule has 2 aromatic carbocycles. The standard InChI is InChI=1S/C22H23N3O2/c1-27-17-12-10-16(11-13-17)21-9-3-2-6-14-25(21)22(26)20-15-23-18-7-4-5-8-19(18)24-20/h4-5,7-8,10-13,15,21H,2-3,6,9,14H2,1H3/t21-/m1/s1. The highest BCUT2D eigenvalue weighted by Gasteiger charge is 2.28. The van der Waals surface area contributed by atoms with Gasteiger partial charge < -0.3 is 9.64 Å². The predicted octanol–water partition coefficient (Wildman–Crippen LogP) is 4.40. The van der Waals surface area contributed by atoms with Crippen molar-refractivity contribution >= 4 is 16.9 Å². The fourth-order valence-corrected chi connectivity index (χ4v) is 3.73. The molecule has 0 N–H and O–H groups in total. The Hall–Kier alpha value is -2.95. The Labute approximate surface area is 159 Å². The summed E-state index contributed by atoms with van der Waals surface area (Å²) in [5, 5.41) is 0. The number of aromatic nitrogens is 2. The molecular weight excluding hydrogens is 338 g/mol. The van der Waals surface area contributed by atoms with Crippen molar-refractivity contribution in [2.75, 3.05) is 13.7 Å². The van der Waals surface area contributed by atoms with E-state index >= 15 is 0 Å². The highest BCUT2D eigenvalue weighted by Crippen LogP contribution is 2.32. The van der Waals surface area contributed by atoms with Crippen molar-refractivity contribution in [1.29, 1.82) is 0 Å². The van der Waals surface area contributed by atoms with Gasteiger partial charge in [-0.25, -0.2) is 4.98 Å². The largest absolute Gasteiger partial charge is 0.497 e. The molecule has 1 saturated heterocycles. The van der Waals surface area contributed by atoms with Gasteiger partial charge in [0.15, 0.2) is 0 Å². The molecule has 5 nitrogen and oxygen atoms in total. The number of amides is 1. The second-order valence-electron chi connectivity index (χ2n) is 6.88. The van der Waals surface area contributed by atoms with Crippen LogP contribution in [0.2, 0.25) is 0 Å². The van der Waals surface area contributed by atoms with Crippen LogP contribution in [0.5, 0.6) is 5.75 Å². The summed E-state index contributed by atoms with van der Waals surface area (Å²) in [6.45, 7) is 0.740. The molecule has 0 unspecified atom stereocenters. The monoisotopic (exact) mass is 361 g/mol. The molecule has 3 aromatic rings. The van der Waals surface area contributed by atoms with Crippen molar-refractivity contribution in [2.24, 2.45) is 0 Å². The van der Waals surface area contributed by atoms with Crippen molar-refractivity contribution in [3.05, 3.63) is 66.0 Å². The molecule has 0 saturated carbocycles. The number of carbonyl (C=O) groups is 1. The topological polar surface area (TPSA) is 55.3 Å². The normalized spacial score (nSPS) is 17.5. The average Bonchev–Trinajstić information content (AvgIpc) is 2.99. The maximum absolute atomic E-state index is 13.3. The third kappa shape index (κ3) is 3.63. The van der Waals surface area contributed by atoms with E-state index in [9.17, 15) is 4.79 Å². The maximum Gasteiger partial charge on any atom is 0.274 e. The third-order valence-electron chi connectivity index (χ3n) is 5.18. The molecular formula is C22H23N3O2. The van der Waals surface area contributed by atoms with Crippen molar-refractivity contribution in [1.82, 2.24) is 14.9 Å². The van der Waals surface area contributed by atoms with Gasteiger partial charge in [-0.05, 0) is 42.7 Å². The highest BCUT2D eigenvalue weighted by molar-refractivity contribution is 5.94. The van der Waals surface area contributed by atoms with Crippen LogP contribution in [-0.4, -0.2) is 34.4 Å². The minimum atomic E-state index is -0.0454. The summed E-state index contributed by atoms with van der Waals surface area (Å²) >= 11 is 0. The maximum atomic E-state index is 13.3. The number of rotatable bonds is 3. The van der Waals surface area contributed by atoms with Crippen molar-refractivity contribution in [2.45, 2.75) is 31.7 Å². The summed E-state index contributed by atoms with van der Waals surface area (Å²) in [4.78, 5) is 24.2. The number of benzene rings is 2. The molecule has 1 amide bonds. The SMILES string of the molecule is COc1ccc([C@H]2CCCCCN2C(=O)c2cnc3ccccc3n2)cc1. The number of para-hydroxylation sites is 2. The number of likely N-dealkylation sites (tertiary alicyclic amines) is 1. The van der Waals surface area contributed by atoms with Crippen molar-refractivity contribution < 1.29 is 9.53 Å². The van der Waals surface area contributed by atoms with Gasteiger partial charge in [0.25, 0.3) is 5.91 Å². The first-order valence-corrected chi connectivity index (χ1v) is 9.43. The van der Waals surface area contributed by atoms with Crippen molar-refractivity contribution in [3.63, 3.8) is 0 Å². The lowest BCUT2D eigenvalue weighted by Crippen LogP contribution is -2.35. The van der Waals surface area contributed by atoms with Gasteiger partial charge in [-0.15, -0.1) is 0 Å². The van der Waals surface area contributed by atoms with Crippen LogP contribution in [0.25, 0.3) is 11.0 Å². The number of hydrogen-bond donors (Lipinski definition) is 0. The van der Waals surface area contributed by atoms with Crippen LogP contribution in [0.3, 0.4) is 0 Å². The number of nitrogens with zero attached hydrogens (tertiary/aromatic N) is 3. The molecule has 5 heteroatoms. The van der Waals surface area contributed by atoms with Gasteiger partial charge in [-0.1, -0.05) is 37.1 Å². The number of hydrogen-bond acceptors (Lipinski definition) is 4. The first kappa shape index (κ1) is 17.5. The second kappa shape index (κ2) is 7.74. The Morgan fingerprint density at radius 3 is 2.59 bits per heavy atom. The molecule has 1 atom stereocenters. The van der Waals surface area contributed by atoms with Gasteiger partial charge in [0, 0.05) is 6.54 Å². The Kier molecular flexibility index (Phi) is 5.01. The predicted molar refractivity (Wildman–Crippen MR) is 105 cm³/mol. The van der Waals surface area contributed by atoms with Gasteiger partial charge in [-0.3, -0.25) is 9.78 Å². The summed E-state index contributed by atoms with van der Waals surface area (Å²) in [7, 11) is 1.66. The highest BCUT2D eigenvalue weighted by atomic mass is 16.5. The summed E-state index contributed by atoms with van der Waals surface area (Å²) in [6, 6.07) is 15.7. The van der Waals surface area contributed by atoms with E-state index in [0.29, 0.717) is 5.69 Å². The van der Waals surface area contributed by atoms with E-state index in [0.717, 1.165) is 54.6 Å². The molecule has 2 heterocycles. The molecule has 27 heavy (non-hydrogen) atoms. The fraction of sp³-hybridized carbons (Fsp3) is 0.318. The zero-order valence-corrected chi connectivity index (χ0v) is 15.5. The van der Waals surface area contributed by atoms with E-state index in [2.05, 4.69) is 22.1 Å². The van der Waals surface area contributed by atoms with E-state index < -0.39 is 0 Å². The summed E-state index contributed by atoms with van der Waals surface area (Å²) < 4.78 is 5.27. The lowest BCUT2D eigenvalue weighted by molar-refractivity contribution is 0.0675. The van der Waals surface area contributed by atoms with E-state index in [-0.39, 0.29) is 11.9 Å². The van der Waals surface area contributed by atoms with E-state index in [1.807, 2.05) is 41.3 Å². The van der Waals surface area contributed by atoms with E-state index in [1.165, 1.54) is 0 Å². The molecule has 0 spiro atoms. The van der Waals surface area contributed by atoms with E-state index in [1.54, 1.807) is 13.3 Å². The van der Waals surface area contributed by atoms with Gasteiger partial charge in [0.1, 0.15) is 11.4 Å². The Bertz CT molecular complexity index is 940. The average molecular weight is 361 g/mol. The molecule has 0 radical (unpaired) electrons. The Morgan fingerprint density at radius 2 is 1.81 bits per heavy atom.